The number of guanidine groups is 1. The van der Waals surface area contributed by atoms with E-state index in [9.17, 15) is 4.79 Å². The van der Waals surface area contributed by atoms with Gasteiger partial charge in [-0.3, -0.25) is 9.69 Å². The number of nitrogens with zero attached hydrogens (tertiary/aromatic N) is 4. The number of hydrogen-bond acceptors (Lipinski definition) is 7. The van der Waals surface area contributed by atoms with Crippen molar-refractivity contribution in [2.24, 2.45) is 16.0 Å². The van der Waals surface area contributed by atoms with Gasteiger partial charge in [0.25, 0.3) is 5.91 Å². The number of carbonyl (C=O) groups excluding carboxylic acids is 1. The van der Waals surface area contributed by atoms with Crippen LogP contribution < -0.4 is 57.1 Å². The van der Waals surface area contributed by atoms with Crippen LogP contribution in [0.4, 0.5) is 0 Å². The Labute approximate surface area is 238 Å². The third-order valence-corrected chi connectivity index (χ3v) is 5.31. The Kier molecular flexibility index (Phi) is 9.95. The van der Waals surface area contributed by atoms with Gasteiger partial charge in [-0.1, -0.05) is 62.2 Å². The molecular weight excluding hydrogens is 445 g/mol. The average Bonchev–Trinajstić information content (AvgIpc) is 3.25. The molecule has 0 spiro atoms. The third-order valence-electron chi connectivity index (χ3n) is 5.31. The molecule has 1 aromatic carbocycles. The molecule has 3 rings (SSSR count). The van der Waals surface area contributed by atoms with E-state index < -0.39 is 0 Å². The number of hydrazone groups is 1. The van der Waals surface area contributed by atoms with Crippen molar-refractivity contribution in [3.05, 3.63) is 77.7 Å². The van der Waals surface area contributed by atoms with E-state index in [-0.39, 0.29) is 81.7 Å². The van der Waals surface area contributed by atoms with Crippen molar-refractivity contribution in [1.82, 2.24) is 9.91 Å². The second-order valence-electron chi connectivity index (χ2n) is 8.05. The van der Waals surface area contributed by atoms with Crippen LogP contribution in [0.15, 0.2) is 70.9 Å². The van der Waals surface area contributed by atoms with Gasteiger partial charge in [-0.25, -0.2) is 5.01 Å². The summed E-state index contributed by atoms with van der Waals surface area (Å²) >= 11 is 0. The minimum atomic E-state index is -0.303. The Morgan fingerprint density at radius 3 is 2.64 bits per heavy atom. The normalized spacial score (nSPS) is 18.7. The maximum absolute atomic E-state index is 12.9. The van der Waals surface area contributed by atoms with Crippen LogP contribution >= 0.6 is 0 Å². The number of amides is 1. The first kappa shape index (κ1) is 27.4. The molecule has 1 saturated heterocycles. The van der Waals surface area contributed by atoms with Crippen LogP contribution in [0.3, 0.4) is 0 Å². The fourth-order valence-electron chi connectivity index (χ4n) is 3.47. The number of rotatable bonds is 7. The summed E-state index contributed by atoms with van der Waals surface area (Å²) in [5, 5.41) is 9.76. The number of benzene rings is 1. The van der Waals surface area contributed by atoms with Crippen molar-refractivity contribution < 1.29 is 65.8 Å². The summed E-state index contributed by atoms with van der Waals surface area (Å²) in [6.07, 6.45) is 2.20. The van der Waals surface area contributed by atoms with Crippen molar-refractivity contribution in [3.63, 3.8) is 0 Å². The van der Waals surface area contributed by atoms with Gasteiger partial charge >= 0.3 is 51.4 Å². The van der Waals surface area contributed by atoms with E-state index in [4.69, 9.17) is 15.3 Å². The van der Waals surface area contributed by atoms with E-state index in [1.807, 2.05) is 20.8 Å². The van der Waals surface area contributed by atoms with Crippen molar-refractivity contribution in [2.75, 3.05) is 13.2 Å². The number of aryl methyl sites for hydroxylation is 1. The molecule has 9 heteroatoms. The molecule has 0 saturated carbocycles. The molecule has 8 nitrogen and oxygen atoms in total. The van der Waals surface area contributed by atoms with Gasteiger partial charge in [0.2, 0.25) is 5.96 Å². The molecular formula is C24H30KN5O3. The van der Waals surface area contributed by atoms with Gasteiger partial charge in [-0.2, -0.15) is 0 Å². The summed E-state index contributed by atoms with van der Waals surface area (Å²) in [5.41, 5.74) is 10.2. The van der Waals surface area contributed by atoms with Gasteiger partial charge in [0.15, 0.2) is 0 Å². The Bertz CT molecular complexity index is 996. The molecule has 1 fully saturated rings. The van der Waals surface area contributed by atoms with E-state index in [2.05, 4.69) is 54.6 Å². The average molecular weight is 476 g/mol. The molecule has 0 aliphatic carbocycles. The second kappa shape index (κ2) is 12.0. The monoisotopic (exact) mass is 475 g/mol. The molecule has 2 N–H and O–H groups in total. The van der Waals surface area contributed by atoms with Crippen molar-refractivity contribution in [3.8, 4) is 0 Å². The number of nitrogens with two attached hydrogens (primary N) is 1. The SMILES string of the molecule is C=CN1N=C(N)N(CC(=C)O/N=C(\C)[C-]2CO[C@@H](c3ccc(C)cc3)C2)C(=O)C1=C(C)C.[K+]. The third kappa shape index (κ3) is 6.59. The van der Waals surface area contributed by atoms with Gasteiger partial charge in [0, 0.05) is 6.20 Å². The van der Waals surface area contributed by atoms with Gasteiger partial charge in [-0.05, 0) is 31.9 Å². The van der Waals surface area contributed by atoms with Crippen LogP contribution in [0.5, 0.6) is 0 Å². The molecule has 33 heavy (non-hydrogen) atoms. The summed E-state index contributed by atoms with van der Waals surface area (Å²) in [6, 6.07) is 8.33. The van der Waals surface area contributed by atoms with E-state index in [1.54, 1.807) is 0 Å². The smallest absolute Gasteiger partial charge is 0.405 e. The maximum Gasteiger partial charge on any atom is 1.00 e. The van der Waals surface area contributed by atoms with Crippen molar-refractivity contribution in [1.29, 1.82) is 0 Å². The molecule has 1 amide bonds. The van der Waals surface area contributed by atoms with Gasteiger partial charge < -0.3 is 21.2 Å². The largest absolute Gasteiger partial charge is 1.00 e. The maximum atomic E-state index is 12.9. The molecule has 170 valence electrons. The Hall–Kier alpha value is -1.88. The van der Waals surface area contributed by atoms with Crippen LogP contribution in [0, 0.1) is 12.8 Å². The van der Waals surface area contributed by atoms with E-state index in [1.165, 1.54) is 21.7 Å². The molecule has 0 aromatic heterocycles. The van der Waals surface area contributed by atoms with Crippen molar-refractivity contribution >= 4 is 17.6 Å². The molecule has 2 aliphatic heterocycles. The first-order chi connectivity index (χ1) is 15.2. The molecule has 0 bridgehead atoms. The quantitative estimate of drug-likeness (QED) is 0.157. The first-order valence-corrected chi connectivity index (χ1v) is 10.4. The molecule has 0 unspecified atom stereocenters. The number of oxime groups is 1. The van der Waals surface area contributed by atoms with Crippen LogP contribution in [0.2, 0.25) is 0 Å². The predicted molar refractivity (Wildman–Crippen MR) is 125 cm³/mol. The van der Waals surface area contributed by atoms with E-state index >= 15 is 0 Å². The predicted octanol–water partition coefficient (Wildman–Crippen LogP) is 0.752. The summed E-state index contributed by atoms with van der Waals surface area (Å²) in [6.45, 7) is 15.6. The van der Waals surface area contributed by atoms with Gasteiger partial charge in [0.05, 0.1) is 12.6 Å². The zero-order valence-electron chi connectivity index (χ0n) is 20.1. The minimum absolute atomic E-state index is 0. The Balaban J connectivity index is 0.00000385. The van der Waals surface area contributed by atoms with Crippen LogP contribution in [0.1, 0.15) is 44.4 Å². The molecule has 1 atom stereocenters. The van der Waals surface area contributed by atoms with Crippen LogP contribution in [0.25, 0.3) is 0 Å². The zero-order valence-corrected chi connectivity index (χ0v) is 23.2. The Morgan fingerprint density at radius 1 is 1.36 bits per heavy atom. The van der Waals surface area contributed by atoms with Gasteiger partial charge in [-0.15, -0.1) is 16.7 Å². The fourth-order valence-corrected chi connectivity index (χ4v) is 3.47. The standard InChI is InChI=1S/C24H30N5O3.K/c1-7-29-22(15(2)3)23(30)28(24(25)26-29)13-17(5)32-27-18(6)20-12-21(31-14-20)19-10-8-16(4)9-11-19;/h7-11,21H,1,5,12-14H2,2-4,6H3,(H2,25,26);/q-1;+1/b27-18+;/t21-;/m1./s1. The number of allylic oxidation sites excluding steroid dienone is 1. The molecule has 0 radical (unpaired) electrons. The molecule has 2 heterocycles. The first-order valence-electron chi connectivity index (χ1n) is 10.4. The van der Waals surface area contributed by atoms with Crippen LogP contribution in [-0.2, 0) is 14.4 Å². The number of ether oxygens (including phenoxy) is 1. The van der Waals surface area contributed by atoms with Crippen molar-refractivity contribution in [2.45, 2.75) is 40.2 Å². The number of hydrogen-bond donors (Lipinski definition) is 1. The zero-order chi connectivity index (χ0) is 23.4. The van der Waals surface area contributed by atoms with E-state index in [0.29, 0.717) is 12.3 Å². The summed E-state index contributed by atoms with van der Waals surface area (Å²) in [4.78, 5) is 19.7. The minimum Gasteiger partial charge on any atom is -0.405 e. The second-order valence-corrected chi connectivity index (χ2v) is 8.05. The molecule has 2 aliphatic rings. The molecule has 1 aromatic rings. The fraction of sp³-hybridized carbons (Fsp3) is 0.333. The van der Waals surface area contributed by atoms with Gasteiger partial charge in [0.1, 0.15) is 11.5 Å². The van der Waals surface area contributed by atoms with E-state index in [0.717, 1.165) is 29.2 Å². The Morgan fingerprint density at radius 2 is 2.03 bits per heavy atom. The topological polar surface area (TPSA) is 92.8 Å². The summed E-state index contributed by atoms with van der Waals surface area (Å²) < 4.78 is 5.93. The van der Waals surface area contributed by atoms with Crippen LogP contribution in [-0.4, -0.2) is 40.6 Å². The summed E-state index contributed by atoms with van der Waals surface area (Å²) in [7, 11) is 0. The summed E-state index contributed by atoms with van der Waals surface area (Å²) in [5.74, 6) is 1.06. The number of carbonyl (C=O) groups is 1.